The molecule has 0 bridgehead atoms. The van der Waals surface area contributed by atoms with Crippen molar-refractivity contribution in [3.8, 4) is 20.9 Å². The van der Waals surface area contributed by atoms with Crippen molar-refractivity contribution in [1.29, 1.82) is 0 Å². The Balaban J connectivity index is 1.33. The Bertz CT molecular complexity index is 2540. The number of hydrogen-bond acceptors (Lipinski definition) is 7. The lowest BCUT2D eigenvalue weighted by atomic mass is 10.1. The molecule has 0 aliphatic heterocycles. The molecule has 7 rings (SSSR count). The normalized spacial score (nSPS) is 11.7. The lowest BCUT2D eigenvalue weighted by Gasteiger charge is -2.25. The van der Waals surface area contributed by atoms with E-state index >= 15 is 16.8 Å². The van der Waals surface area contributed by atoms with E-state index in [0.29, 0.717) is 33.7 Å². The van der Waals surface area contributed by atoms with Crippen molar-refractivity contribution < 1.29 is 16.8 Å². The van der Waals surface area contributed by atoms with Crippen molar-refractivity contribution in [2.24, 2.45) is 0 Å². The van der Waals surface area contributed by atoms with Crippen LogP contribution in [0.2, 0.25) is 0 Å². The Morgan fingerprint density at radius 3 is 0.841 bits per heavy atom. The molecule has 0 unspecified atom stereocenters. The summed E-state index contributed by atoms with van der Waals surface area (Å²) in [5.74, 6) is -0.220. The first-order valence-electron chi connectivity index (χ1n) is 25.4. The number of nitrogens with zero attached hydrogens (tertiary/aromatic N) is 2. The third kappa shape index (κ3) is 13.9. The van der Waals surface area contributed by atoms with Crippen molar-refractivity contribution in [3.63, 3.8) is 0 Å². The van der Waals surface area contributed by atoms with Gasteiger partial charge >= 0.3 is 0 Å². The van der Waals surface area contributed by atoms with Crippen LogP contribution in [0.25, 0.3) is 20.9 Å². The second-order valence-electron chi connectivity index (χ2n) is 18.1. The molecule has 0 aliphatic carbocycles. The lowest BCUT2D eigenvalue weighted by Crippen LogP contribution is -2.15. The highest BCUT2D eigenvalue weighted by atomic mass is 32.2. The van der Waals surface area contributed by atoms with Gasteiger partial charge in [0, 0.05) is 34.1 Å². The molecule has 9 heteroatoms. The van der Waals surface area contributed by atoms with Crippen molar-refractivity contribution >= 4 is 65.1 Å². The highest BCUT2D eigenvalue weighted by molar-refractivity contribution is 7.95. The monoisotopic (exact) mass is 978 g/mol. The third-order valence-corrected chi connectivity index (χ3v) is 18.2. The maximum Gasteiger partial charge on any atom is 0.181 e. The average molecular weight is 979 g/mol. The van der Waals surface area contributed by atoms with Gasteiger partial charge in [-0.05, 0) is 96.8 Å². The van der Waals surface area contributed by atoms with Crippen LogP contribution in [-0.2, 0) is 19.7 Å². The summed E-state index contributed by atoms with van der Waals surface area (Å²) in [4.78, 5) is 5.18. The first-order valence-corrected chi connectivity index (χ1v) is 29.5. The van der Waals surface area contributed by atoms with Crippen LogP contribution in [0.4, 0.5) is 34.1 Å². The van der Waals surface area contributed by atoms with Gasteiger partial charge in [-0.1, -0.05) is 201 Å². The molecular weight excluding hydrogens is 909 g/mol. The topological polar surface area (TPSA) is 74.8 Å². The molecule has 1 aromatic heterocycles. The van der Waals surface area contributed by atoms with Gasteiger partial charge in [-0.2, -0.15) is 0 Å². The Morgan fingerprint density at radius 1 is 0.319 bits per heavy atom. The Labute approximate surface area is 417 Å². The molecule has 7 aromatic rings. The molecule has 0 N–H and O–H groups in total. The molecule has 362 valence electrons. The summed E-state index contributed by atoms with van der Waals surface area (Å²) in [6, 6.07) is 56.5. The first kappa shape index (κ1) is 51.4. The maximum atomic E-state index is 15.1. The fraction of sp³-hybridized carbons (Fsp3) is 0.333. The number of thiophene rings is 1. The Hall–Kier alpha value is -5.48. The summed E-state index contributed by atoms with van der Waals surface area (Å²) in [5.41, 5.74) is 7.08. The lowest BCUT2D eigenvalue weighted by molar-refractivity contribution is 0.566. The number of para-hydroxylation sites is 4. The number of hydrogen-bond donors (Lipinski definition) is 0. The van der Waals surface area contributed by atoms with Gasteiger partial charge in [0.05, 0.1) is 21.3 Å². The van der Waals surface area contributed by atoms with E-state index in [1.165, 1.54) is 49.9 Å². The molecule has 0 saturated carbocycles. The van der Waals surface area contributed by atoms with Gasteiger partial charge in [0.2, 0.25) is 0 Å². The van der Waals surface area contributed by atoms with Gasteiger partial charge < -0.3 is 9.80 Å². The SMILES string of the molecule is CCCCCCCCCCS(=O)(=O)c1c(-c2ccc(N(c3ccccc3)c3ccccc3)cc2)sc(-c2ccc(N(c3ccccc3)c3ccccc3)cc2)c1S(=O)(=O)CCCCCCCCCC. The fourth-order valence-electron chi connectivity index (χ4n) is 9.13. The van der Waals surface area contributed by atoms with E-state index in [2.05, 4.69) is 72.2 Å². The highest BCUT2D eigenvalue weighted by Crippen LogP contribution is 2.49. The van der Waals surface area contributed by atoms with Crippen LogP contribution in [0, 0.1) is 0 Å². The molecule has 6 aromatic carbocycles. The third-order valence-electron chi connectivity index (χ3n) is 12.8. The van der Waals surface area contributed by atoms with Gasteiger partial charge in [0.1, 0.15) is 9.79 Å². The standard InChI is InChI=1S/C60H70N2O4S3/c1-3-5-7-9-11-13-15-29-47-68(63,64)59-57(49-39-43-55(44-40-49)61(51-31-21-17-22-32-51)52-33-23-18-24-34-52)67-58(60(59)69(65,66)48-30-16-14-12-10-8-6-4-2)50-41-45-56(46-42-50)62(53-35-25-19-26-36-53)54-37-27-20-28-38-54/h17-28,31-46H,3-16,29-30,47-48H2,1-2H3. The minimum atomic E-state index is -4.08. The molecular formula is C60H70N2O4S3. The number of benzene rings is 6. The second kappa shape index (κ2) is 25.9. The van der Waals surface area contributed by atoms with Gasteiger partial charge in [-0.15, -0.1) is 11.3 Å². The molecule has 0 radical (unpaired) electrons. The van der Waals surface area contributed by atoms with E-state index in [0.717, 1.165) is 85.5 Å². The molecule has 69 heavy (non-hydrogen) atoms. The van der Waals surface area contributed by atoms with E-state index in [9.17, 15) is 0 Å². The van der Waals surface area contributed by atoms with Crippen LogP contribution in [-0.4, -0.2) is 28.3 Å². The highest BCUT2D eigenvalue weighted by Gasteiger charge is 2.36. The molecule has 0 atom stereocenters. The van der Waals surface area contributed by atoms with Crippen LogP contribution in [0.3, 0.4) is 0 Å². The smallest absolute Gasteiger partial charge is 0.181 e. The minimum Gasteiger partial charge on any atom is -0.311 e. The first-order chi connectivity index (χ1) is 33.7. The molecule has 6 nitrogen and oxygen atoms in total. The van der Waals surface area contributed by atoms with Gasteiger partial charge in [0.15, 0.2) is 19.7 Å². The van der Waals surface area contributed by atoms with Crippen molar-refractivity contribution in [2.75, 3.05) is 21.3 Å². The quantitative estimate of drug-likeness (QED) is 0.0455. The van der Waals surface area contributed by atoms with Crippen LogP contribution >= 0.6 is 11.3 Å². The van der Waals surface area contributed by atoms with Crippen molar-refractivity contribution in [1.82, 2.24) is 0 Å². The van der Waals surface area contributed by atoms with E-state index in [1.807, 2.05) is 121 Å². The molecule has 1 heterocycles. The number of unbranched alkanes of at least 4 members (excludes halogenated alkanes) is 14. The minimum absolute atomic E-state index is 0.0417. The van der Waals surface area contributed by atoms with Crippen LogP contribution in [0.15, 0.2) is 180 Å². The molecule has 0 saturated heterocycles. The summed E-state index contributed by atoms with van der Waals surface area (Å²) in [5, 5.41) is 0. The predicted octanol–water partition coefficient (Wildman–Crippen LogP) is 17.9. The van der Waals surface area contributed by atoms with Crippen LogP contribution in [0.5, 0.6) is 0 Å². The predicted molar refractivity (Wildman–Crippen MR) is 294 cm³/mol. The van der Waals surface area contributed by atoms with Crippen molar-refractivity contribution in [3.05, 3.63) is 170 Å². The van der Waals surface area contributed by atoms with Crippen molar-refractivity contribution in [2.45, 2.75) is 126 Å². The van der Waals surface area contributed by atoms with E-state index < -0.39 is 19.7 Å². The van der Waals surface area contributed by atoms with Gasteiger partial charge in [-0.3, -0.25) is 0 Å². The summed E-state index contributed by atoms with van der Waals surface area (Å²) in [6.07, 6.45) is 16.0. The van der Waals surface area contributed by atoms with E-state index in [-0.39, 0.29) is 21.3 Å². The zero-order chi connectivity index (χ0) is 48.3. The van der Waals surface area contributed by atoms with E-state index in [4.69, 9.17) is 0 Å². The zero-order valence-corrected chi connectivity index (χ0v) is 43.1. The summed E-state index contributed by atoms with van der Waals surface area (Å²) in [7, 11) is -8.17. The summed E-state index contributed by atoms with van der Waals surface area (Å²) >= 11 is 1.28. The average Bonchev–Trinajstić information content (AvgIpc) is 3.81. The molecule has 0 fully saturated rings. The molecule has 0 aliphatic rings. The zero-order valence-electron chi connectivity index (χ0n) is 40.6. The Morgan fingerprint density at radius 2 is 0.565 bits per heavy atom. The number of sulfone groups is 2. The summed E-state index contributed by atoms with van der Waals surface area (Å²) < 4.78 is 60.6. The van der Waals surface area contributed by atoms with Gasteiger partial charge in [0.25, 0.3) is 0 Å². The van der Waals surface area contributed by atoms with Gasteiger partial charge in [-0.25, -0.2) is 16.8 Å². The largest absolute Gasteiger partial charge is 0.311 e. The van der Waals surface area contributed by atoms with Crippen LogP contribution in [0.1, 0.15) is 117 Å². The maximum absolute atomic E-state index is 15.1. The fourth-order valence-corrected chi connectivity index (χ4v) is 15.3. The number of rotatable bonds is 28. The second-order valence-corrected chi connectivity index (χ2v) is 23.2. The molecule has 0 spiro atoms. The van der Waals surface area contributed by atoms with E-state index in [1.54, 1.807) is 0 Å². The Kier molecular flexibility index (Phi) is 19.3. The molecule has 0 amide bonds. The number of anilines is 6. The van der Waals surface area contributed by atoms with Crippen LogP contribution < -0.4 is 9.80 Å². The summed E-state index contributed by atoms with van der Waals surface area (Å²) in [6.45, 7) is 4.41.